The minimum Gasteiger partial charge on any atom is -0.477 e. The van der Waals surface area contributed by atoms with Crippen molar-refractivity contribution in [2.24, 2.45) is 18.9 Å². The van der Waals surface area contributed by atoms with E-state index in [4.69, 9.17) is 19.7 Å². The molecule has 2 N–H and O–H groups in total. The van der Waals surface area contributed by atoms with Crippen LogP contribution in [0.2, 0.25) is 0 Å². The van der Waals surface area contributed by atoms with Crippen LogP contribution in [0.25, 0.3) is 22.3 Å². The van der Waals surface area contributed by atoms with Gasteiger partial charge in [-0.2, -0.15) is 5.10 Å². The van der Waals surface area contributed by atoms with Gasteiger partial charge in [-0.1, -0.05) is 0 Å². The van der Waals surface area contributed by atoms with Crippen molar-refractivity contribution in [3.8, 4) is 17.1 Å². The summed E-state index contributed by atoms with van der Waals surface area (Å²) in [4.78, 5) is 59.4. The van der Waals surface area contributed by atoms with Crippen LogP contribution in [0.5, 0.6) is 5.88 Å². The normalized spacial score (nSPS) is 24.8. The Hall–Kier alpha value is -5.90. The number of nitrogens with zero attached hydrogens (tertiary/aromatic N) is 9. The van der Waals surface area contributed by atoms with Gasteiger partial charge in [0.25, 0.3) is 5.91 Å². The van der Waals surface area contributed by atoms with E-state index in [2.05, 4.69) is 53.2 Å². The van der Waals surface area contributed by atoms with Gasteiger partial charge in [-0.05, 0) is 107 Å². The third-order valence-electron chi connectivity index (χ3n) is 13.8. The highest BCUT2D eigenvalue weighted by molar-refractivity contribution is 6.05. The Morgan fingerprint density at radius 1 is 0.806 bits per heavy atom. The lowest BCUT2D eigenvalue weighted by atomic mass is 9.93. The van der Waals surface area contributed by atoms with Crippen molar-refractivity contribution in [1.29, 1.82) is 0 Å². The molecule has 3 saturated heterocycles. The van der Waals surface area contributed by atoms with Gasteiger partial charge in [0, 0.05) is 75.7 Å². The predicted octanol–water partition coefficient (Wildman–Crippen LogP) is 5.47. The zero-order chi connectivity index (χ0) is 42.8. The van der Waals surface area contributed by atoms with Crippen LogP contribution in [0.15, 0.2) is 42.5 Å². The molecule has 4 aromatic heterocycles. The van der Waals surface area contributed by atoms with Crippen molar-refractivity contribution in [2.75, 3.05) is 61.0 Å². The number of hydrogen-bond acceptors (Lipinski definition) is 11. The topological polar surface area (TPSA) is 156 Å². The van der Waals surface area contributed by atoms with Crippen LogP contribution in [-0.4, -0.2) is 110 Å². The molecule has 4 aliphatic heterocycles. The SMILES string of the molecule is Cc1cc2cc(n1)-c1c(C)nn(C)c1OC[C@H]1CC[C@H](C1)Cn1c(nc3ccc(N4CCN([C@@H]5CCN(c6ccc(C7CCC(=O)NC7=O)nc6C)C[C@@H]5F)CC4)cc31)NC2=O. The van der Waals surface area contributed by atoms with E-state index in [1.165, 1.54) is 0 Å². The fourth-order valence-corrected chi connectivity index (χ4v) is 10.6. The van der Waals surface area contributed by atoms with E-state index in [0.717, 1.165) is 97.0 Å². The Morgan fingerprint density at radius 3 is 2.42 bits per heavy atom. The molecule has 1 aliphatic carbocycles. The quantitative estimate of drug-likeness (QED) is 0.221. The number of anilines is 3. The number of halogens is 1. The zero-order valence-electron chi connectivity index (χ0n) is 35.9. The largest absolute Gasteiger partial charge is 0.477 e. The van der Waals surface area contributed by atoms with Gasteiger partial charge >= 0.3 is 0 Å². The number of hydrogen-bond donors (Lipinski definition) is 2. The molecular formula is C46H54FN11O4. The van der Waals surface area contributed by atoms with Crippen molar-refractivity contribution in [1.82, 2.24) is 39.5 Å². The van der Waals surface area contributed by atoms with Crippen LogP contribution >= 0.6 is 0 Å². The Balaban J connectivity index is 0.838. The van der Waals surface area contributed by atoms with Crippen LogP contribution in [0.4, 0.5) is 21.7 Å². The molecule has 1 saturated carbocycles. The van der Waals surface area contributed by atoms with Crippen molar-refractivity contribution < 1.29 is 23.5 Å². The number of aryl methyl sites for hydroxylation is 4. The number of carbonyl (C=O) groups is 3. The van der Waals surface area contributed by atoms with Crippen LogP contribution < -0.4 is 25.2 Å². The second-order valence-corrected chi connectivity index (χ2v) is 18.0. The first-order valence-corrected chi connectivity index (χ1v) is 22.1. The number of benzene rings is 1. The number of amides is 3. The third-order valence-corrected chi connectivity index (χ3v) is 13.8. The number of rotatable bonds is 4. The summed E-state index contributed by atoms with van der Waals surface area (Å²) in [6, 6.07) is 13.6. The average molecular weight is 844 g/mol. The lowest BCUT2D eigenvalue weighted by Crippen LogP contribution is -2.58. The highest BCUT2D eigenvalue weighted by atomic mass is 19.1. The minimum atomic E-state index is -1.02. The highest BCUT2D eigenvalue weighted by Crippen LogP contribution is 2.38. The molecule has 0 spiro atoms. The van der Waals surface area contributed by atoms with Crippen molar-refractivity contribution in [3.05, 3.63) is 70.8 Å². The van der Waals surface area contributed by atoms with E-state index >= 15 is 4.39 Å². The van der Waals surface area contributed by atoms with Crippen LogP contribution in [0, 0.1) is 32.6 Å². The van der Waals surface area contributed by atoms with Gasteiger partial charge in [0.05, 0.1) is 64.1 Å². The molecule has 16 heteroatoms. The van der Waals surface area contributed by atoms with Crippen molar-refractivity contribution in [3.63, 3.8) is 0 Å². The maximum Gasteiger partial charge on any atom is 0.258 e. The van der Waals surface area contributed by atoms with E-state index < -0.39 is 12.1 Å². The summed E-state index contributed by atoms with van der Waals surface area (Å²) in [6.07, 6.45) is 3.55. The van der Waals surface area contributed by atoms with Gasteiger partial charge in [-0.25, -0.2) is 14.1 Å². The number of fused-ring (bicyclic) bond motifs is 9. The summed E-state index contributed by atoms with van der Waals surface area (Å²) in [7, 11) is 1.89. The number of ether oxygens (including phenoxy) is 1. The number of nitrogens with one attached hydrogen (secondary N) is 2. The highest BCUT2D eigenvalue weighted by Gasteiger charge is 2.37. The van der Waals surface area contributed by atoms with Crippen LogP contribution in [0.3, 0.4) is 0 Å². The summed E-state index contributed by atoms with van der Waals surface area (Å²) in [5.74, 6) is 0.741. The molecule has 8 heterocycles. The molecule has 5 aliphatic rings. The molecule has 3 amide bonds. The summed E-state index contributed by atoms with van der Waals surface area (Å²) < 4.78 is 26.6. The van der Waals surface area contributed by atoms with Crippen LogP contribution in [-0.2, 0) is 23.2 Å². The molecule has 1 aromatic carbocycles. The standard InChI is InChI=1S/C46H54FN11O4/c1-26-19-31-21-37(48-26)42-28(3)53-54(4)45(42)62-25-30-6-5-29(20-30)23-58-40-22-32(7-9-36(40)50-46(58)52-43(31)60)55-15-17-56(18-16-55)39-13-14-57(24-34(39)47)38-11-10-35(49-27(38)2)33-8-12-41(59)51-44(33)61/h7,9-11,19,21-22,29-30,33-34,39H,5-6,8,12-18,20,23-25H2,1-4H3,(H,50,52,60)(H,51,59,61)/t29-,30+,33?,34+,39-/m1/s1. The first kappa shape index (κ1) is 40.2. The maximum atomic E-state index is 16.1. The molecule has 10 rings (SSSR count). The van der Waals surface area contributed by atoms with E-state index in [9.17, 15) is 14.4 Å². The molecular weight excluding hydrogens is 790 g/mol. The summed E-state index contributed by atoms with van der Waals surface area (Å²) in [5.41, 5.74) is 8.67. The lowest BCUT2D eigenvalue weighted by molar-refractivity contribution is -0.134. The number of carbonyl (C=O) groups excluding carboxylic acids is 3. The molecule has 4 fully saturated rings. The lowest BCUT2D eigenvalue weighted by Gasteiger charge is -2.45. The number of piperidine rings is 2. The Morgan fingerprint density at radius 2 is 1.63 bits per heavy atom. The first-order chi connectivity index (χ1) is 29.9. The molecule has 1 unspecified atom stereocenters. The van der Waals surface area contributed by atoms with E-state index in [1.54, 1.807) is 10.7 Å². The van der Waals surface area contributed by atoms with Gasteiger partial charge < -0.3 is 19.1 Å². The average Bonchev–Trinajstić information content (AvgIpc) is 3.93. The maximum absolute atomic E-state index is 16.1. The number of aromatic nitrogens is 6. The first-order valence-electron chi connectivity index (χ1n) is 22.1. The Bertz CT molecular complexity index is 2580. The smallest absolute Gasteiger partial charge is 0.258 e. The predicted molar refractivity (Wildman–Crippen MR) is 233 cm³/mol. The fraction of sp³-hybridized carbons (Fsp3) is 0.500. The number of imide groups is 1. The van der Waals surface area contributed by atoms with Gasteiger partial charge in [-0.15, -0.1) is 0 Å². The van der Waals surface area contributed by atoms with Gasteiger partial charge in [0.1, 0.15) is 6.17 Å². The second kappa shape index (κ2) is 16.1. The molecule has 324 valence electrons. The van der Waals surface area contributed by atoms with Crippen molar-refractivity contribution >= 4 is 46.1 Å². The van der Waals surface area contributed by atoms with Gasteiger partial charge in [0.15, 0.2) is 0 Å². The monoisotopic (exact) mass is 843 g/mol. The Labute approximate surface area is 360 Å². The van der Waals surface area contributed by atoms with E-state index in [1.807, 2.05) is 46.0 Å². The summed E-state index contributed by atoms with van der Waals surface area (Å²) in [6.45, 7) is 11.1. The molecule has 4 bridgehead atoms. The third kappa shape index (κ3) is 7.55. The number of imidazole rings is 1. The molecule has 0 radical (unpaired) electrons. The van der Waals surface area contributed by atoms with Gasteiger partial charge in [-0.3, -0.25) is 39.9 Å². The van der Waals surface area contributed by atoms with E-state index in [-0.39, 0.29) is 30.3 Å². The fourth-order valence-electron chi connectivity index (χ4n) is 10.6. The second-order valence-electron chi connectivity index (χ2n) is 18.0. The number of piperazine rings is 1. The van der Waals surface area contributed by atoms with Crippen LogP contribution in [0.1, 0.15) is 77.6 Å². The zero-order valence-corrected chi connectivity index (χ0v) is 35.9. The number of alkyl halides is 1. The Kier molecular flexibility index (Phi) is 10.4. The van der Waals surface area contributed by atoms with E-state index in [0.29, 0.717) is 73.0 Å². The van der Waals surface area contributed by atoms with Gasteiger partial charge in [0.2, 0.25) is 23.6 Å². The van der Waals surface area contributed by atoms with Crippen molar-refractivity contribution in [2.45, 2.75) is 84.0 Å². The summed E-state index contributed by atoms with van der Waals surface area (Å²) >= 11 is 0. The molecule has 62 heavy (non-hydrogen) atoms. The summed E-state index contributed by atoms with van der Waals surface area (Å²) in [5, 5.41) is 10.3. The molecule has 5 aromatic rings. The molecule has 15 nitrogen and oxygen atoms in total. The molecule has 5 atom stereocenters. The minimum absolute atomic E-state index is 0.167. The number of pyridine rings is 2.